The minimum absolute atomic E-state index is 0.00998. The molecule has 92 valence electrons. The third kappa shape index (κ3) is 2.92. The van der Waals surface area contributed by atoms with Gasteiger partial charge in [0.2, 0.25) is 0 Å². The van der Waals surface area contributed by atoms with Crippen molar-refractivity contribution in [1.29, 1.82) is 0 Å². The molecule has 0 spiro atoms. The SMILES string of the molecule is Oc1ccc(Br)cc1C=Nc1ccc(F)cc1F. The lowest BCUT2D eigenvalue weighted by Crippen LogP contribution is -1.84. The fraction of sp³-hybridized carbons (Fsp3) is 0. The molecule has 0 saturated heterocycles. The summed E-state index contributed by atoms with van der Waals surface area (Å²) >= 11 is 3.25. The van der Waals surface area contributed by atoms with E-state index in [-0.39, 0.29) is 11.4 Å². The molecule has 1 N–H and O–H groups in total. The lowest BCUT2D eigenvalue weighted by Gasteiger charge is -2.00. The fourth-order valence-electron chi connectivity index (χ4n) is 1.35. The van der Waals surface area contributed by atoms with Gasteiger partial charge in [-0.3, -0.25) is 4.99 Å². The van der Waals surface area contributed by atoms with E-state index in [2.05, 4.69) is 20.9 Å². The van der Waals surface area contributed by atoms with Gasteiger partial charge in [0.25, 0.3) is 0 Å². The van der Waals surface area contributed by atoms with Crippen LogP contribution in [0.1, 0.15) is 5.56 Å². The first-order valence-corrected chi connectivity index (χ1v) is 5.83. The van der Waals surface area contributed by atoms with Gasteiger partial charge in [0.05, 0.1) is 5.69 Å². The summed E-state index contributed by atoms with van der Waals surface area (Å²) < 4.78 is 26.8. The van der Waals surface area contributed by atoms with Crippen molar-refractivity contribution < 1.29 is 13.9 Å². The molecule has 2 nitrogen and oxygen atoms in total. The summed E-state index contributed by atoms with van der Waals surface area (Å²) in [5.74, 6) is -1.37. The van der Waals surface area contributed by atoms with Crippen molar-refractivity contribution >= 4 is 27.8 Å². The number of benzene rings is 2. The average Bonchev–Trinajstić information content (AvgIpc) is 2.32. The molecular weight excluding hydrogens is 304 g/mol. The Bertz CT molecular complexity index is 614. The summed E-state index contributed by atoms with van der Waals surface area (Å²) in [6, 6.07) is 7.91. The van der Waals surface area contributed by atoms with Crippen LogP contribution in [0.3, 0.4) is 0 Å². The van der Waals surface area contributed by atoms with Crippen molar-refractivity contribution in [3.05, 3.63) is 58.1 Å². The predicted octanol–water partition coefficient (Wildman–Crippen LogP) is 4.18. The van der Waals surface area contributed by atoms with Gasteiger partial charge in [0.15, 0.2) is 5.82 Å². The van der Waals surface area contributed by atoms with Crippen LogP contribution in [0, 0.1) is 11.6 Å². The van der Waals surface area contributed by atoms with E-state index in [0.717, 1.165) is 16.6 Å². The minimum Gasteiger partial charge on any atom is -0.507 e. The Balaban J connectivity index is 2.32. The van der Waals surface area contributed by atoms with E-state index in [1.165, 1.54) is 18.3 Å². The van der Waals surface area contributed by atoms with E-state index in [1.54, 1.807) is 12.1 Å². The monoisotopic (exact) mass is 311 g/mol. The van der Waals surface area contributed by atoms with Crippen molar-refractivity contribution in [3.8, 4) is 5.75 Å². The van der Waals surface area contributed by atoms with E-state index < -0.39 is 11.6 Å². The fourth-order valence-corrected chi connectivity index (χ4v) is 1.73. The van der Waals surface area contributed by atoms with E-state index in [9.17, 15) is 13.9 Å². The summed E-state index contributed by atoms with van der Waals surface area (Å²) in [4.78, 5) is 3.87. The molecule has 0 fully saturated rings. The molecule has 0 aliphatic carbocycles. The molecule has 0 aliphatic rings. The second kappa shape index (κ2) is 5.27. The number of aliphatic imine (C=N–C) groups is 1. The molecule has 0 saturated carbocycles. The first-order chi connectivity index (χ1) is 8.56. The molecule has 0 amide bonds. The Hall–Kier alpha value is -1.75. The van der Waals surface area contributed by atoms with Crippen LogP contribution in [-0.2, 0) is 0 Å². The maximum atomic E-state index is 13.3. The highest BCUT2D eigenvalue weighted by Gasteiger charge is 2.03. The predicted molar refractivity (Wildman–Crippen MR) is 69.4 cm³/mol. The number of nitrogens with zero attached hydrogens (tertiary/aromatic N) is 1. The van der Waals surface area contributed by atoms with Crippen LogP contribution in [0.2, 0.25) is 0 Å². The highest BCUT2D eigenvalue weighted by Crippen LogP contribution is 2.22. The van der Waals surface area contributed by atoms with Crippen LogP contribution in [-0.4, -0.2) is 11.3 Å². The van der Waals surface area contributed by atoms with E-state index in [4.69, 9.17) is 0 Å². The molecule has 2 rings (SSSR count). The third-order valence-corrected chi connectivity index (χ3v) is 2.74. The molecule has 0 unspecified atom stereocenters. The number of aromatic hydroxyl groups is 1. The number of phenolic OH excluding ortho intramolecular Hbond substituents is 1. The van der Waals surface area contributed by atoms with Crippen molar-refractivity contribution in [2.24, 2.45) is 4.99 Å². The van der Waals surface area contributed by atoms with E-state index >= 15 is 0 Å². The molecule has 0 aliphatic heterocycles. The molecular formula is C13H8BrF2NO. The van der Waals surface area contributed by atoms with Crippen LogP contribution in [0.5, 0.6) is 5.75 Å². The van der Waals surface area contributed by atoms with Gasteiger partial charge in [-0.05, 0) is 30.3 Å². The second-order valence-electron chi connectivity index (χ2n) is 3.56. The highest BCUT2D eigenvalue weighted by atomic mass is 79.9. The summed E-state index contributed by atoms with van der Waals surface area (Å²) in [5.41, 5.74) is 0.448. The molecule has 2 aromatic rings. The first-order valence-electron chi connectivity index (χ1n) is 5.04. The molecule has 0 bridgehead atoms. The molecule has 0 aromatic heterocycles. The van der Waals surface area contributed by atoms with Crippen LogP contribution in [0.15, 0.2) is 45.9 Å². The summed E-state index contributed by atoms with van der Waals surface area (Å²) in [6.45, 7) is 0. The summed E-state index contributed by atoms with van der Waals surface area (Å²) in [6.07, 6.45) is 1.32. The van der Waals surface area contributed by atoms with Gasteiger partial charge in [-0.2, -0.15) is 0 Å². The Labute approximate surface area is 111 Å². The number of hydrogen-bond acceptors (Lipinski definition) is 2. The molecule has 5 heteroatoms. The van der Waals surface area contributed by atoms with Gasteiger partial charge in [0.1, 0.15) is 11.6 Å². The lowest BCUT2D eigenvalue weighted by molar-refractivity contribution is 0.474. The molecule has 2 aromatic carbocycles. The van der Waals surface area contributed by atoms with Gasteiger partial charge >= 0.3 is 0 Å². The van der Waals surface area contributed by atoms with Crippen molar-refractivity contribution in [1.82, 2.24) is 0 Å². The Morgan fingerprint density at radius 2 is 1.89 bits per heavy atom. The molecule has 0 heterocycles. The van der Waals surface area contributed by atoms with Gasteiger partial charge < -0.3 is 5.11 Å². The summed E-state index contributed by atoms with van der Waals surface area (Å²) in [7, 11) is 0. The largest absolute Gasteiger partial charge is 0.507 e. The molecule has 0 atom stereocenters. The van der Waals surface area contributed by atoms with Crippen LogP contribution < -0.4 is 0 Å². The van der Waals surface area contributed by atoms with E-state index in [0.29, 0.717) is 5.56 Å². The van der Waals surface area contributed by atoms with Gasteiger partial charge in [-0.25, -0.2) is 8.78 Å². The van der Waals surface area contributed by atoms with Crippen molar-refractivity contribution in [3.63, 3.8) is 0 Å². The van der Waals surface area contributed by atoms with Crippen LogP contribution >= 0.6 is 15.9 Å². The van der Waals surface area contributed by atoms with Crippen LogP contribution in [0.25, 0.3) is 0 Å². The zero-order valence-corrected chi connectivity index (χ0v) is 10.7. The zero-order chi connectivity index (χ0) is 13.1. The van der Waals surface area contributed by atoms with Crippen LogP contribution in [0.4, 0.5) is 14.5 Å². The van der Waals surface area contributed by atoms with Crippen molar-refractivity contribution in [2.75, 3.05) is 0 Å². The smallest absolute Gasteiger partial charge is 0.151 e. The highest BCUT2D eigenvalue weighted by molar-refractivity contribution is 9.10. The number of rotatable bonds is 2. The topological polar surface area (TPSA) is 32.6 Å². The average molecular weight is 312 g/mol. The maximum Gasteiger partial charge on any atom is 0.151 e. The van der Waals surface area contributed by atoms with Crippen molar-refractivity contribution in [2.45, 2.75) is 0 Å². The standard InChI is InChI=1S/C13H8BrF2NO/c14-9-1-4-13(18)8(5-9)7-17-12-3-2-10(15)6-11(12)16/h1-7,18H. The second-order valence-corrected chi connectivity index (χ2v) is 4.47. The maximum absolute atomic E-state index is 13.3. The normalized spacial score (nSPS) is 11.1. The lowest BCUT2D eigenvalue weighted by atomic mass is 10.2. The Kier molecular flexibility index (Phi) is 3.72. The summed E-state index contributed by atoms with van der Waals surface area (Å²) in [5, 5.41) is 9.56. The van der Waals surface area contributed by atoms with Gasteiger partial charge in [0, 0.05) is 22.3 Å². The minimum atomic E-state index is -0.749. The van der Waals surface area contributed by atoms with Gasteiger partial charge in [-0.15, -0.1) is 0 Å². The zero-order valence-electron chi connectivity index (χ0n) is 9.07. The Morgan fingerprint density at radius 1 is 1.11 bits per heavy atom. The number of phenols is 1. The Morgan fingerprint density at radius 3 is 2.61 bits per heavy atom. The molecule has 0 radical (unpaired) electrons. The third-order valence-electron chi connectivity index (χ3n) is 2.24. The number of hydrogen-bond donors (Lipinski definition) is 1. The van der Waals surface area contributed by atoms with E-state index in [1.807, 2.05) is 0 Å². The first kappa shape index (κ1) is 12.7. The number of halogens is 3. The quantitative estimate of drug-likeness (QED) is 0.829. The molecule has 18 heavy (non-hydrogen) atoms. The van der Waals surface area contributed by atoms with Gasteiger partial charge in [-0.1, -0.05) is 15.9 Å².